The molecule has 2 aromatic carbocycles. The second-order valence-electron chi connectivity index (χ2n) is 4.65. The van der Waals surface area contributed by atoms with E-state index >= 15 is 0 Å². The van der Waals surface area contributed by atoms with Crippen molar-refractivity contribution in [3.05, 3.63) is 70.8 Å². The largest absolute Gasteiger partial charge is 0.417 e. The standard InChI is InChI=1S/C16H13F3N2O/c1-11-6-8-12(9-7-11)15(22)21-20-10-13-4-2-3-5-14(13)16(17,18)19/h2-10H,1H3,(H,21,22)/b20-10-. The molecular weight excluding hydrogens is 293 g/mol. The minimum Gasteiger partial charge on any atom is -0.267 e. The van der Waals surface area contributed by atoms with E-state index in [-0.39, 0.29) is 5.56 Å². The van der Waals surface area contributed by atoms with E-state index in [1.807, 2.05) is 6.92 Å². The van der Waals surface area contributed by atoms with Gasteiger partial charge in [0.15, 0.2) is 0 Å². The number of nitrogens with one attached hydrogen (secondary N) is 1. The number of carbonyl (C=O) groups excluding carboxylic acids is 1. The molecule has 0 unspecified atom stereocenters. The fourth-order valence-electron chi connectivity index (χ4n) is 1.80. The molecule has 0 aliphatic rings. The van der Waals surface area contributed by atoms with Crippen LogP contribution in [0.1, 0.15) is 27.0 Å². The first-order valence-corrected chi connectivity index (χ1v) is 6.44. The number of halogens is 3. The van der Waals surface area contributed by atoms with Crippen molar-refractivity contribution >= 4 is 12.1 Å². The Kier molecular flexibility index (Phi) is 4.60. The lowest BCUT2D eigenvalue weighted by Gasteiger charge is -2.09. The SMILES string of the molecule is Cc1ccc(C(=O)N/N=C\c2ccccc2C(F)(F)F)cc1. The molecule has 0 heterocycles. The minimum atomic E-state index is -4.47. The number of nitrogens with zero attached hydrogens (tertiary/aromatic N) is 1. The molecule has 0 bridgehead atoms. The van der Waals surface area contributed by atoms with Gasteiger partial charge < -0.3 is 0 Å². The van der Waals surface area contributed by atoms with Crippen LogP contribution in [0.4, 0.5) is 13.2 Å². The van der Waals surface area contributed by atoms with Crippen molar-refractivity contribution in [3.8, 4) is 0 Å². The number of hydrogen-bond acceptors (Lipinski definition) is 2. The summed E-state index contributed by atoms with van der Waals surface area (Å²) in [5.74, 6) is -0.485. The summed E-state index contributed by atoms with van der Waals surface area (Å²) in [7, 11) is 0. The Labute approximate surface area is 125 Å². The van der Waals surface area contributed by atoms with E-state index in [1.165, 1.54) is 18.2 Å². The second-order valence-corrected chi connectivity index (χ2v) is 4.65. The first-order chi connectivity index (χ1) is 10.4. The van der Waals surface area contributed by atoms with Crippen molar-refractivity contribution in [2.24, 2.45) is 5.10 Å². The summed E-state index contributed by atoms with van der Waals surface area (Å²) in [5.41, 5.74) is 2.67. The van der Waals surface area contributed by atoms with Crippen LogP contribution in [-0.4, -0.2) is 12.1 Å². The van der Waals surface area contributed by atoms with Crippen molar-refractivity contribution in [1.29, 1.82) is 0 Å². The van der Waals surface area contributed by atoms with E-state index in [2.05, 4.69) is 10.5 Å². The number of aryl methyl sites for hydroxylation is 1. The molecule has 1 amide bonds. The Balaban J connectivity index is 2.10. The van der Waals surface area contributed by atoms with Crippen molar-refractivity contribution in [2.45, 2.75) is 13.1 Å². The smallest absolute Gasteiger partial charge is 0.267 e. The molecular formula is C16H13F3N2O. The zero-order chi connectivity index (χ0) is 16.2. The third-order valence-electron chi connectivity index (χ3n) is 2.95. The van der Waals surface area contributed by atoms with Crippen molar-refractivity contribution in [1.82, 2.24) is 5.43 Å². The maximum atomic E-state index is 12.8. The van der Waals surface area contributed by atoms with Gasteiger partial charge in [0.2, 0.25) is 0 Å². The Morgan fingerprint density at radius 2 is 1.73 bits per heavy atom. The van der Waals surface area contributed by atoms with Gasteiger partial charge in [-0.25, -0.2) is 5.43 Å². The summed E-state index contributed by atoms with van der Waals surface area (Å²) in [6, 6.07) is 11.8. The molecule has 2 rings (SSSR count). The van der Waals surface area contributed by atoms with E-state index in [1.54, 1.807) is 24.3 Å². The predicted octanol–water partition coefficient (Wildman–Crippen LogP) is 3.78. The van der Waals surface area contributed by atoms with E-state index < -0.39 is 17.6 Å². The third kappa shape index (κ3) is 3.94. The second kappa shape index (κ2) is 6.43. The van der Waals surface area contributed by atoms with Crippen LogP contribution in [0.2, 0.25) is 0 Å². The molecule has 0 spiro atoms. The summed E-state index contributed by atoms with van der Waals surface area (Å²) in [6.45, 7) is 1.88. The molecule has 0 radical (unpaired) electrons. The quantitative estimate of drug-likeness (QED) is 0.680. The van der Waals surface area contributed by atoms with Gasteiger partial charge in [-0.3, -0.25) is 4.79 Å². The number of rotatable bonds is 3. The van der Waals surface area contributed by atoms with Crippen LogP contribution in [0.25, 0.3) is 0 Å². The number of carbonyl (C=O) groups is 1. The van der Waals surface area contributed by atoms with Crippen LogP contribution in [-0.2, 0) is 6.18 Å². The van der Waals surface area contributed by atoms with Crippen LogP contribution in [0, 0.1) is 6.92 Å². The molecule has 0 aromatic heterocycles. The van der Waals surface area contributed by atoms with Gasteiger partial charge in [0, 0.05) is 11.1 Å². The number of amides is 1. The number of alkyl halides is 3. The van der Waals surface area contributed by atoms with Gasteiger partial charge in [-0.05, 0) is 25.1 Å². The summed E-state index contributed by atoms with van der Waals surface area (Å²) in [5, 5.41) is 3.59. The van der Waals surface area contributed by atoms with Crippen molar-refractivity contribution in [3.63, 3.8) is 0 Å². The van der Waals surface area contributed by atoms with Crippen molar-refractivity contribution < 1.29 is 18.0 Å². The maximum Gasteiger partial charge on any atom is 0.417 e. The fourth-order valence-corrected chi connectivity index (χ4v) is 1.80. The molecule has 1 N–H and O–H groups in total. The normalized spacial score (nSPS) is 11.6. The molecule has 0 saturated heterocycles. The minimum absolute atomic E-state index is 0.112. The van der Waals surface area contributed by atoms with Crippen LogP contribution in [0.5, 0.6) is 0 Å². The van der Waals surface area contributed by atoms with E-state index in [9.17, 15) is 18.0 Å². The molecule has 6 heteroatoms. The highest BCUT2D eigenvalue weighted by Crippen LogP contribution is 2.30. The molecule has 0 saturated carbocycles. The highest BCUT2D eigenvalue weighted by molar-refractivity contribution is 5.95. The third-order valence-corrected chi connectivity index (χ3v) is 2.95. The molecule has 0 aliphatic heterocycles. The van der Waals surface area contributed by atoms with Crippen LogP contribution < -0.4 is 5.43 Å². The monoisotopic (exact) mass is 306 g/mol. The molecule has 2 aromatic rings. The van der Waals surface area contributed by atoms with Crippen LogP contribution in [0.3, 0.4) is 0 Å². The Morgan fingerprint density at radius 3 is 2.36 bits per heavy atom. The number of hydrazone groups is 1. The lowest BCUT2D eigenvalue weighted by atomic mass is 10.1. The summed E-state index contributed by atoms with van der Waals surface area (Å²) >= 11 is 0. The number of benzene rings is 2. The van der Waals surface area contributed by atoms with E-state index in [0.29, 0.717) is 5.56 Å². The predicted molar refractivity (Wildman–Crippen MR) is 77.7 cm³/mol. The lowest BCUT2D eigenvalue weighted by molar-refractivity contribution is -0.137. The van der Waals surface area contributed by atoms with Gasteiger partial charge in [0.25, 0.3) is 5.91 Å². The van der Waals surface area contributed by atoms with Gasteiger partial charge >= 0.3 is 6.18 Å². The zero-order valence-corrected chi connectivity index (χ0v) is 11.7. The number of hydrogen-bond donors (Lipinski definition) is 1. The average Bonchev–Trinajstić information content (AvgIpc) is 2.47. The maximum absolute atomic E-state index is 12.8. The molecule has 114 valence electrons. The Hall–Kier alpha value is -2.63. The highest BCUT2D eigenvalue weighted by atomic mass is 19.4. The summed E-state index contributed by atoms with van der Waals surface area (Å²) in [4.78, 5) is 11.8. The topological polar surface area (TPSA) is 41.5 Å². The van der Waals surface area contributed by atoms with E-state index in [4.69, 9.17) is 0 Å². The first-order valence-electron chi connectivity index (χ1n) is 6.44. The molecule has 3 nitrogen and oxygen atoms in total. The van der Waals surface area contributed by atoms with Gasteiger partial charge in [-0.2, -0.15) is 18.3 Å². The molecule has 0 aliphatic carbocycles. The molecule has 0 atom stereocenters. The lowest BCUT2D eigenvalue weighted by Crippen LogP contribution is -2.18. The average molecular weight is 306 g/mol. The van der Waals surface area contributed by atoms with Crippen molar-refractivity contribution in [2.75, 3.05) is 0 Å². The van der Waals surface area contributed by atoms with Gasteiger partial charge in [0.1, 0.15) is 0 Å². The Morgan fingerprint density at radius 1 is 1.09 bits per heavy atom. The molecule has 0 fully saturated rings. The Bertz CT molecular complexity index is 691. The van der Waals surface area contributed by atoms with Gasteiger partial charge in [0.05, 0.1) is 11.8 Å². The van der Waals surface area contributed by atoms with E-state index in [0.717, 1.165) is 17.8 Å². The summed E-state index contributed by atoms with van der Waals surface area (Å²) < 4.78 is 38.4. The van der Waals surface area contributed by atoms with Gasteiger partial charge in [-0.1, -0.05) is 35.9 Å². The molecule has 22 heavy (non-hydrogen) atoms. The summed E-state index contributed by atoms with van der Waals surface area (Å²) in [6.07, 6.45) is -3.49. The van der Waals surface area contributed by atoms with Gasteiger partial charge in [-0.15, -0.1) is 0 Å². The zero-order valence-electron chi connectivity index (χ0n) is 11.7. The fraction of sp³-hybridized carbons (Fsp3) is 0.125. The van der Waals surface area contributed by atoms with Crippen LogP contribution in [0.15, 0.2) is 53.6 Å². The first kappa shape index (κ1) is 15.8. The highest BCUT2D eigenvalue weighted by Gasteiger charge is 2.32. The van der Waals surface area contributed by atoms with Crippen LogP contribution >= 0.6 is 0 Å².